The number of carbonyl (C=O) groups excluding carboxylic acids is 1. The van der Waals surface area contributed by atoms with Gasteiger partial charge in [-0.15, -0.1) is 0 Å². The van der Waals surface area contributed by atoms with E-state index in [1.165, 1.54) is 10.9 Å². The molecule has 6 rings (SSSR count). The number of piperidine rings is 1. The molecule has 4 heterocycles. The monoisotopic (exact) mass is 550 g/mol. The van der Waals surface area contributed by atoms with Crippen LogP contribution in [-0.2, 0) is 16.0 Å². The highest BCUT2D eigenvalue weighted by molar-refractivity contribution is 7.80. The van der Waals surface area contributed by atoms with E-state index in [0.717, 1.165) is 40.3 Å². The normalized spacial score (nSPS) is 22.4. The van der Waals surface area contributed by atoms with Gasteiger partial charge in [-0.25, -0.2) is 0 Å². The Morgan fingerprint density at radius 1 is 1.31 bits per heavy atom. The van der Waals surface area contributed by atoms with Gasteiger partial charge in [-0.2, -0.15) is 0 Å². The first-order valence-corrected chi connectivity index (χ1v) is 13.8. The fraction of sp³-hybridized carbons (Fsp3) is 0.448. The van der Waals surface area contributed by atoms with Gasteiger partial charge < -0.3 is 39.4 Å². The van der Waals surface area contributed by atoms with E-state index >= 15 is 0 Å². The summed E-state index contributed by atoms with van der Waals surface area (Å²) in [6, 6.07) is 12.0. The number of hydrogen-bond donors (Lipinski definition) is 3. The van der Waals surface area contributed by atoms with Crippen LogP contribution in [0.5, 0.6) is 11.5 Å². The first-order valence-electron chi connectivity index (χ1n) is 13.4. The molecule has 1 saturated heterocycles. The molecule has 2 aromatic carbocycles. The summed E-state index contributed by atoms with van der Waals surface area (Å²) in [6.45, 7) is 3.65. The predicted molar refractivity (Wildman–Crippen MR) is 152 cm³/mol. The number of aliphatic hydroxyl groups is 1. The van der Waals surface area contributed by atoms with Crippen LogP contribution in [0.3, 0.4) is 0 Å². The van der Waals surface area contributed by atoms with Gasteiger partial charge in [-0.1, -0.05) is 24.3 Å². The molecule has 3 aliphatic rings. The average molecular weight is 551 g/mol. The van der Waals surface area contributed by atoms with Gasteiger partial charge in [0.25, 0.3) is 0 Å². The number of fused-ring (bicyclic) bond motifs is 6. The molecule has 39 heavy (non-hydrogen) atoms. The minimum absolute atomic E-state index is 0.0295. The topological polar surface area (TPSA) is 99.3 Å². The van der Waals surface area contributed by atoms with Crippen molar-refractivity contribution in [1.29, 1.82) is 0 Å². The largest absolute Gasteiger partial charge is 0.454 e. The Hall–Kier alpha value is -3.34. The van der Waals surface area contributed by atoms with E-state index < -0.39 is 12.0 Å². The van der Waals surface area contributed by atoms with E-state index in [1.54, 1.807) is 14.0 Å². The molecule has 4 atom stereocenters. The number of ether oxygens (including phenoxy) is 3. The van der Waals surface area contributed by atoms with E-state index in [2.05, 4.69) is 28.5 Å². The fourth-order valence-electron chi connectivity index (χ4n) is 6.40. The van der Waals surface area contributed by atoms with E-state index in [0.29, 0.717) is 31.2 Å². The summed E-state index contributed by atoms with van der Waals surface area (Å²) in [7, 11) is 3.54. The lowest BCUT2D eigenvalue weighted by Gasteiger charge is -2.49. The van der Waals surface area contributed by atoms with Crippen molar-refractivity contribution in [3.63, 3.8) is 0 Å². The SMILES string of the molecule is COCCNC(=S)N(C)[C@H]1C[C@H]2c3[nH]c4c(-c5ccc6c(c5)OCO6)cccc4c3CCN2C(=O)[C@H]1[C@H](C)O. The van der Waals surface area contributed by atoms with Crippen LogP contribution in [0.15, 0.2) is 36.4 Å². The summed E-state index contributed by atoms with van der Waals surface area (Å²) in [4.78, 5) is 21.5. The van der Waals surface area contributed by atoms with Gasteiger partial charge in [0.05, 0.1) is 30.2 Å². The number of amides is 1. The molecule has 206 valence electrons. The smallest absolute Gasteiger partial charge is 0.231 e. The van der Waals surface area contributed by atoms with E-state index in [4.69, 9.17) is 26.4 Å². The molecule has 9 nitrogen and oxygen atoms in total. The van der Waals surface area contributed by atoms with Gasteiger partial charge in [-0.05, 0) is 55.2 Å². The lowest BCUT2D eigenvalue weighted by atomic mass is 9.79. The molecule has 1 amide bonds. The van der Waals surface area contributed by atoms with Crippen molar-refractivity contribution in [3.8, 4) is 22.6 Å². The number of carbonyl (C=O) groups is 1. The maximum absolute atomic E-state index is 13.8. The average Bonchev–Trinajstić information content (AvgIpc) is 3.56. The number of benzene rings is 2. The molecule has 0 unspecified atom stereocenters. The molecule has 1 fully saturated rings. The summed E-state index contributed by atoms with van der Waals surface area (Å²) in [6.07, 6.45) is 0.615. The zero-order chi connectivity index (χ0) is 27.3. The first kappa shape index (κ1) is 25.9. The van der Waals surface area contributed by atoms with Crippen LogP contribution in [0.2, 0.25) is 0 Å². The maximum Gasteiger partial charge on any atom is 0.231 e. The summed E-state index contributed by atoms with van der Waals surface area (Å²) in [5, 5.41) is 15.6. The molecule has 3 aliphatic heterocycles. The van der Waals surface area contributed by atoms with E-state index in [9.17, 15) is 9.90 Å². The highest BCUT2D eigenvalue weighted by Crippen LogP contribution is 2.45. The van der Waals surface area contributed by atoms with E-state index in [-0.39, 0.29) is 24.8 Å². The van der Waals surface area contributed by atoms with Gasteiger partial charge >= 0.3 is 0 Å². The number of aromatic nitrogens is 1. The van der Waals surface area contributed by atoms with Gasteiger partial charge in [0.2, 0.25) is 12.7 Å². The van der Waals surface area contributed by atoms with Crippen LogP contribution < -0.4 is 14.8 Å². The number of thiocarbonyl (C=S) groups is 1. The number of H-pyrrole nitrogens is 1. The molecule has 0 radical (unpaired) electrons. The van der Waals surface area contributed by atoms with Crippen LogP contribution >= 0.6 is 12.2 Å². The quantitative estimate of drug-likeness (QED) is 0.318. The van der Waals surface area contributed by atoms with Crippen molar-refractivity contribution in [2.24, 2.45) is 5.92 Å². The fourth-order valence-corrected chi connectivity index (χ4v) is 6.64. The van der Waals surface area contributed by atoms with Crippen LogP contribution in [0.25, 0.3) is 22.0 Å². The Labute approximate surface area is 233 Å². The van der Waals surface area contributed by atoms with Crippen molar-refractivity contribution in [2.75, 3.05) is 40.6 Å². The van der Waals surface area contributed by atoms with Crippen molar-refractivity contribution in [3.05, 3.63) is 47.7 Å². The zero-order valence-corrected chi connectivity index (χ0v) is 23.2. The number of aromatic amines is 1. The third kappa shape index (κ3) is 4.40. The second kappa shape index (κ2) is 10.3. The molecule has 0 aliphatic carbocycles. The van der Waals surface area contributed by atoms with Crippen LogP contribution in [0.4, 0.5) is 0 Å². The summed E-state index contributed by atoms with van der Waals surface area (Å²) < 4.78 is 16.3. The maximum atomic E-state index is 13.8. The van der Waals surface area contributed by atoms with Crippen molar-refractivity contribution >= 4 is 34.1 Å². The molecular formula is C29H34N4O5S. The minimum atomic E-state index is -0.797. The standard InChI is InChI=1S/C29H34N4O5S/c1-16(34)25-21(32(2)29(39)30-10-12-36-3)14-22-27-20(9-11-33(22)28(25)35)19-6-4-5-18(26(19)31-27)17-7-8-23-24(13-17)38-15-37-23/h4-8,13,16,21-22,25,31,34H,9-12,14-15H2,1-3H3,(H,30,39)/t16-,21-,22-,25-/m0/s1. The van der Waals surface area contributed by atoms with Crippen molar-refractivity contribution < 1.29 is 24.1 Å². The molecule has 3 aromatic rings. The molecular weight excluding hydrogens is 516 g/mol. The molecule has 0 spiro atoms. The Morgan fingerprint density at radius 3 is 2.92 bits per heavy atom. The zero-order valence-electron chi connectivity index (χ0n) is 22.4. The van der Waals surface area contributed by atoms with Gasteiger partial charge in [-0.3, -0.25) is 4.79 Å². The second-order valence-corrected chi connectivity index (χ2v) is 10.9. The third-order valence-corrected chi connectivity index (χ3v) is 8.77. The third-order valence-electron chi connectivity index (χ3n) is 8.34. The molecule has 0 bridgehead atoms. The Balaban J connectivity index is 1.37. The van der Waals surface area contributed by atoms with E-state index in [1.807, 2.05) is 35.0 Å². The highest BCUT2D eigenvalue weighted by Gasteiger charge is 2.48. The molecule has 1 aromatic heterocycles. The number of para-hydroxylation sites is 1. The summed E-state index contributed by atoms with van der Waals surface area (Å²) >= 11 is 5.66. The number of nitrogens with zero attached hydrogens (tertiary/aromatic N) is 2. The summed E-state index contributed by atoms with van der Waals surface area (Å²) in [5.41, 5.74) is 5.49. The highest BCUT2D eigenvalue weighted by atomic mass is 32.1. The minimum Gasteiger partial charge on any atom is -0.454 e. The van der Waals surface area contributed by atoms with Crippen molar-refractivity contribution in [2.45, 2.75) is 38.0 Å². The lowest BCUT2D eigenvalue weighted by molar-refractivity contribution is -0.151. The Morgan fingerprint density at radius 2 is 2.13 bits per heavy atom. The number of aliphatic hydroxyl groups excluding tert-OH is 1. The van der Waals surface area contributed by atoms with Gasteiger partial charge in [0.15, 0.2) is 16.6 Å². The van der Waals surface area contributed by atoms with Crippen LogP contribution in [-0.4, -0.2) is 83.7 Å². The number of rotatable bonds is 6. The van der Waals surface area contributed by atoms with Crippen LogP contribution in [0.1, 0.15) is 30.6 Å². The lowest BCUT2D eigenvalue weighted by Crippen LogP contribution is -2.60. The molecule has 10 heteroatoms. The van der Waals surface area contributed by atoms with Crippen LogP contribution in [0, 0.1) is 5.92 Å². The molecule has 0 saturated carbocycles. The number of nitrogens with one attached hydrogen (secondary N) is 2. The molecule has 3 N–H and O–H groups in total. The summed E-state index contributed by atoms with van der Waals surface area (Å²) in [5.74, 6) is 0.905. The van der Waals surface area contributed by atoms with Gasteiger partial charge in [0.1, 0.15) is 0 Å². The van der Waals surface area contributed by atoms with Gasteiger partial charge in [0, 0.05) is 49.9 Å². The number of methoxy groups -OCH3 is 1. The predicted octanol–water partition coefficient (Wildman–Crippen LogP) is 3.21. The first-order chi connectivity index (χ1) is 18.9. The number of hydrogen-bond acceptors (Lipinski definition) is 6. The second-order valence-electron chi connectivity index (χ2n) is 10.5. The Kier molecular flexibility index (Phi) is 6.86. The Bertz CT molecular complexity index is 1420. The van der Waals surface area contributed by atoms with Crippen molar-refractivity contribution in [1.82, 2.24) is 20.1 Å².